The first-order valence-electron chi connectivity index (χ1n) is 3.39. The van der Waals surface area contributed by atoms with Crippen LogP contribution in [0.5, 0.6) is 0 Å². The quantitative estimate of drug-likeness (QED) is 0.292. The van der Waals surface area contributed by atoms with Gasteiger partial charge in [0.1, 0.15) is 6.61 Å². The van der Waals surface area contributed by atoms with Crippen LogP contribution < -0.4 is 0 Å². The molecule has 0 aliphatic carbocycles. The summed E-state index contributed by atoms with van der Waals surface area (Å²) in [5.41, 5.74) is 0. The van der Waals surface area contributed by atoms with Crippen molar-refractivity contribution in [3.05, 3.63) is 0 Å². The van der Waals surface area contributed by atoms with Crippen molar-refractivity contribution in [2.24, 2.45) is 0 Å². The molecule has 0 aliphatic heterocycles. The molecule has 0 aromatic carbocycles. The SMILES string of the molecule is CCC(OC(=O)CO)C(O)(O)O. The second-order valence-corrected chi connectivity index (χ2v) is 2.23. The van der Waals surface area contributed by atoms with Gasteiger partial charge < -0.3 is 25.2 Å². The molecule has 0 spiro atoms. The maximum atomic E-state index is 10.4. The van der Waals surface area contributed by atoms with E-state index in [1.165, 1.54) is 6.92 Å². The van der Waals surface area contributed by atoms with E-state index in [1.54, 1.807) is 0 Å². The molecule has 1 atom stereocenters. The zero-order chi connectivity index (χ0) is 9.78. The number of carbonyl (C=O) groups excluding carboxylic acids is 1. The molecule has 0 aliphatic rings. The number of carbonyl (C=O) groups is 1. The van der Waals surface area contributed by atoms with Crippen molar-refractivity contribution in [3.8, 4) is 0 Å². The van der Waals surface area contributed by atoms with Gasteiger partial charge in [0.25, 0.3) is 0 Å². The van der Waals surface area contributed by atoms with Crippen LogP contribution in [-0.2, 0) is 9.53 Å². The Labute approximate surface area is 69.0 Å². The summed E-state index contributed by atoms with van der Waals surface area (Å²) < 4.78 is 4.27. The van der Waals surface area contributed by atoms with Crippen LogP contribution in [0, 0.1) is 0 Å². The highest BCUT2D eigenvalue weighted by Crippen LogP contribution is 2.10. The fourth-order valence-electron chi connectivity index (χ4n) is 0.632. The molecule has 0 bridgehead atoms. The molecular weight excluding hydrogens is 168 g/mol. The molecule has 0 aromatic rings. The van der Waals surface area contributed by atoms with Crippen molar-refractivity contribution >= 4 is 5.97 Å². The molecule has 0 amide bonds. The molecule has 0 heterocycles. The lowest BCUT2D eigenvalue weighted by Crippen LogP contribution is -2.44. The first kappa shape index (κ1) is 11.3. The molecule has 1 unspecified atom stereocenters. The van der Waals surface area contributed by atoms with Gasteiger partial charge in [-0.05, 0) is 6.42 Å². The van der Waals surface area contributed by atoms with E-state index in [4.69, 9.17) is 20.4 Å². The lowest BCUT2D eigenvalue weighted by Gasteiger charge is -2.24. The maximum Gasteiger partial charge on any atom is 0.332 e. The number of rotatable bonds is 4. The molecule has 6 heteroatoms. The highest BCUT2D eigenvalue weighted by Gasteiger charge is 2.33. The van der Waals surface area contributed by atoms with Crippen molar-refractivity contribution in [2.45, 2.75) is 25.4 Å². The zero-order valence-corrected chi connectivity index (χ0v) is 6.60. The van der Waals surface area contributed by atoms with Gasteiger partial charge in [-0.1, -0.05) is 6.92 Å². The monoisotopic (exact) mass is 180 g/mol. The molecule has 72 valence electrons. The number of aliphatic hydroxyl groups excluding tert-OH is 1. The van der Waals surface area contributed by atoms with Crippen LogP contribution in [0.1, 0.15) is 13.3 Å². The zero-order valence-electron chi connectivity index (χ0n) is 6.60. The lowest BCUT2D eigenvalue weighted by atomic mass is 10.2. The Morgan fingerprint density at radius 3 is 2.25 bits per heavy atom. The third kappa shape index (κ3) is 3.63. The van der Waals surface area contributed by atoms with Crippen molar-refractivity contribution in [1.82, 2.24) is 0 Å². The number of aliphatic hydroxyl groups is 4. The van der Waals surface area contributed by atoms with E-state index in [2.05, 4.69) is 4.74 Å². The summed E-state index contributed by atoms with van der Waals surface area (Å²) in [5.74, 6) is -4.08. The molecule has 12 heavy (non-hydrogen) atoms. The average Bonchev–Trinajstić information content (AvgIpc) is 1.97. The van der Waals surface area contributed by atoms with Gasteiger partial charge in [0, 0.05) is 0 Å². The van der Waals surface area contributed by atoms with E-state index in [-0.39, 0.29) is 6.42 Å². The van der Waals surface area contributed by atoms with Gasteiger partial charge in [0.15, 0.2) is 6.10 Å². The van der Waals surface area contributed by atoms with Crippen LogP contribution in [-0.4, -0.2) is 45.1 Å². The Hall–Kier alpha value is -0.690. The summed E-state index contributed by atoms with van der Waals surface area (Å²) >= 11 is 0. The Morgan fingerprint density at radius 2 is 2.00 bits per heavy atom. The second-order valence-electron chi connectivity index (χ2n) is 2.23. The molecule has 0 radical (unpaired) electrons. The van der Waals surface area contributed by atoms with E-state index in [0.29, 0.717) is 0 Å². The van der Waals surface area contributed by atoms with Crippen LogP contribution in [0.2, 0.25) is 0 Å². The molecule has 0 fully saturated rings. The van der Waals surface area contributed by atoms with Crippen molar-refractivity contribution in [3.63, 3.8) is 0 Å². The molecular formula is C6H12O6. The van der Waals surface area contributed by atoms with Gasteiger partial charge in [-0.15, -0.1) is 0 Å². The predicted octanol–water partition coefficient (Wildman–Crippen LogP) is -2.07. The van der Waals surface area contributed by atoms with Gasteiger partial charge in [0.05, 0.1) is 0 Å². The number of ether oxygens (including phenoxy) is 1. The van der Waals surface area contributed by atoms with Crippen LogP contribution in [0.4, 0.5) is 0 Å². The average molecular weight is 180 g/mol. The van der Waals surface area contributed by atoms with Crippen molar-refractivity contribution in [2.75, 3.05) is 6.61 Å². The minimum atomic E-state index is -3.06. The van der Waals surface area contributed by atoms with E-state index >= 15 is 0 Å². The minimum Gasteiger partial charge on any atom is -0.452 e. The largest absolute Gasteiger partial charge is 0.452 e. The van der Waals surface area contributed by atoms with Crippen LogP contribution in [0.25, 0.3) is 0 Å². The summed E-state index contributed by atoms with van der Waals surface area (Å²) in [7, 11) is 0. The second kappa shape index (κ2) is 4.36. The molecule has 6 nitrogen and oxygen atoms in total. The van der Waals surface area contributed by atoms with E-state index < -0.39 is 24.7 Å². The number of hydrogen-bond donors (Lipinski definition) is 4. The van der Waals surface area contributed by atoms with E-state index in [0.717, 1.165) is 0 Å². The Bertz CT molecular complexity index is 149. The molecule has 4 N–H and O–H groups in total. The van der Waals surface area contributed by atoms with Gasteiger partial charge in [0.2, 0.25) is 0 Å². The normalized spacial score (nSPS) is 14.1. The Morgan fingerprint density at radius 1 is 1.50 bits per heavy atom. The standard InChI is InChI=1S/C6H12O6/c1-2-4(6(9,10)11)12-5(8)3-7/h4,7,9-11H,2-3H2,1H3. The molecule has 0 rings (SSSR count). The highest BCUT2D eigenvalue weighted by molar-refractivity contribution is 5.70. The van der Waals surface area contributed by atoms with Crippen molar-refractivity contribution < 1.29 is 30.0 Å². The summed E-state index contributed by atoms with van der Waals surface area (Å²) in [5, 5.41) is 33.9. The molecule has 0 aromatic heterocycles. The fourth-order valence-corrected chi connectivity index (χ4v) is 0.632. The van der Waals surface area contributed by atoms with Crippen LogP contribution >= 0.6 is 0 Å². The smallest absolute Gasteiger partial charge is 0.332 e. The lowest BCUT2D eigenvalue weighted by molar-refractivity contribution is -0.356. The third-order valence-electron chi connectivity index (χ3n) is 1.21. The van der Waals surface area contributed by atoms with Gasteiger partial charge in [-0.25, -0.2) is 4.79 Å². The predicted molar refractivity (Wildman–Crippen MR) is 36.6 cm³/mol. The summed E-state index contributed by atoms with van der Waals surface area (Å²) in [6.07, 6.45) is -1.42. The van der Waals surface area contributed by atoms with Gasteiger partial charge in [-0.3, -0.25) is 0 Å². The summed E-state index contributed by atoms with van der Waals surface area (Å²) in [6, 6.07) is 0. The molecule has 0 saturated heterocycles. The molecule has 0 saturated carbocycles. The fraction of sp³-hybridized carbons (Fsp3) is 0.833. The summed E-state index contributed by atoms with van der Waals surface area (Å²) in [4.78, 5) is 10.4. The highest BCUT2D eigenvalue weighted by atomic mass is 16.7. The maximum absolute atomic E-state index is 10.4. The first-order valence-corrected chi connectivity index (χ1v) is 3.39. The third-order valence-corrected chi connectivity index (χ3v) is 1.21. The Kier molecular flexibility index (Phi) is 4.11. The first-order chi connectivity index (χ1) is 5.41. The van der Waals surface area contributed by atoms with Crippen molar-refractivity contribution in [1.29, 1.82) is 0 Å². The van der Waals surface area contributed by atoms with E-state index in [9.17, 15) is 4.79 Å². The van der Waals surface area contributed by atoms with Crippen LogP contribution in [0.3, 0.4) is 0 Å². The van der Waals surface area contributed by atoms with Gasteiger partial charge >= 0.3 is 11.9 Å². The Balaban J connectivity index is 4.09. The number of esters is 1. The van der Waals surface area contributed by atoms with Gasteiger partial charge in [-0.2, -0.15) is 0 Å². The van der Waals surface area contributed by atoms with E-state index in [1.807, 2.05) is 0 Å². The summed E-state index contributed by atoms with van der Waals surface area (Å²) in [6.45, 7) is 0.610. The topological polar surface area (TPSA) is 107 Å². The minimum absolute atomic E-state index is 0.0231. The number of hydrogen-bond acceptors (Lipinski definition) is 6. The van der Waals surface area contributed by atoms with Crippen LogP contribution in [0.15, 0.2) is 0 Å².